The lowest BCUT2D eigenvalue weighted by Crippen LogP contribution is -2.41. The summed E-state index contributed by atoms with van der Waals surface area (Å²) in [4.78, 5) is 2.05. The fraction of sp³-hybridized carbons (Fsp3) is 1.00. The molecular weight excluding hydrogens is 128 g/mol. The zero-order valence-electron chi connectivity index (χ0n) is 7.31. The van der Waals surface area contributed by atoms with E-state index in [1.54, 1.807) is 14.0 Å². The molecule has 1 atom stereocenters. The molecule has 10 heavy (non-hydrogen) atoms. The van der Waals surface area contributed by atoms with E-state index in [-0.39, 0.29) is 0 Å². The molecule has 3 nitrogen and oxygen atoms in total. The summed E-state index contributed by atoms with van der Waals surface area (Å²) in [5, 5.41) is 12.3. The fourth-order valence-electron chi connectivity index (χ4n) is 0.566. The molecule has 0 aromatic heterocycles. The quantitative estimate of drug-likeness (QED) is 0.542. The Kier molecular flexibility index (Phi) is 3.86. The van der Waals surface area contributed by atoms with E-state index in [4.69, 9.17) is 0 Å². The second-order valence-electron chi connectivity index (χ2n) is 3.08. The van der Waals surface area contributed by atoms with E-state index in [0.717, 1.165) is 13.0 Å². The Labute approximate surface area is 63.0 Å². The number of aliphatic hydroxyl groups is 1. The van der Waals surface area contributed by atoms with Crippen LogP contribution in [0.4, 0.5) is 0 Å². The summed E-state index contributed by atoms with van der Waals surface area (Å²) < 4.78 is 0. The maximum atomic E-state index is 9.43. The monoisotopic (exact) mass is 146 g/mol. The smallest absolute Gasteiger partial charge is 0.114 e. The van der Waals surface area contributed by atoms with Gasteiger partial charge in [-0.3, -0.25) is 5.32 Å². The standard InChI is InChI=1S/C7H18N2O/c1-7(10,8-2)5-6-9(3)4/h8,10H,5-6H2,1-4H3. The van der Waals surface area contributed by atoms with Crippen molar-refractivity contribution < 1.29 is 5.11 Å². The molecule has 1 unspecified atom stereocenters. The van der Waals surface area contributed by atoms with Crippen molar-refractivity contribution in [3.63, 3.8) is 0 Å². The van der Waals surface area contributed by atoms with Gasteiger partial charge in [-0.15, -0.1) is 0 Å². The summed E-state index contributed by atoms with van der Waals surface area (Å²) in [6, 6.07) is 0. The van der Waals surface area contributed by atoms with E-state index >= 15 is 0 Å². The van der Waals surface area contributed by atoms with Crippen LogP contribution in [0.3, 0.4) is 0 Å². The maximum absolute atomic E-state index is 9.43. The Morgan fingerprint density at radius 3 is 2.30 bits per heavy atom. The molecule has 62 valence electrons. The van der Waals surface area contributed by atoms with E-state index < -0.39 is 5.72 Å². The Morgan fingerprint density at radius 2 is 2.00 bits per heavy atom. The molecule has 0 aliphatic carbocycles. The summed E-state index contributed by atoms with van der Waals surface area (Å²) in [6.07, 6.45) is 0.747. The van der Waals surface area contributed by atoms with E-state index in [2.05, 4.69) is 5.32 Å². The van der Waals surface area contributed by atoms with Crippen molar-refractivity contribution >= 4 is 0 Å². The second-order valence-corrected chi connectivity index (χ2v) is 3.08. The highest BCUT2D eigenvalue weighted by Crippen LogP contribution is 2.02. The van der Waals surface area contributed by atoms with E-state index in [9.17, 15) is 5.11 Å². The molecular formula is C7H18N2O. The first-order chi connectivity index (χ1) is 4.48. The van der Waals surface area contributed by atoms with Crippen LogP contribution in [-0.2, 0) is 0 Å². The van der Waals surface area contributed by atoms with Crippen LogP contribution in [0.2, 0.25) is 0 Å². The Hall–Kier alpha value is -0.120. The molecule has 0 heterocycles. The second kappa shape index (κ2) is 3.91. The van der Waals surface area contributed by atoms with E-state index in [0.29, 0.717) is 0 Å². The molecule has 0 aromatic carbocycles. The molecule has 0 radical (unpaired) electrons. The van der Waals surface area contributed by atoms with Crippen LogP contribution in [0.15, 0.2) is 0 Å². The number of hydrogen-bond acceptors (Lipinski definition) is 3. The molecule has 0 fully saturated rings. The van der Waals surface area contributed by atoms with Gasteiger partial charge in [-0.2, -0.15) is 0 Å². The van der Waals surface area contributed by atoms with Crippen LogP contribution in [0.25, 0.3) is 0 Å². The summed E-state index contributed by atoms with van der Waals surface area (Å²) in [7, 11) is 5.74. The first kappa shape index (κ1) is 9.88. The van der Waals surface area contributed by atoms with Crippen LogP contribution in [-0.4, -0.2) is 43.4 Å². The third-order valence-corrected chi connectivity index (χ3v) is 1.58. The van der Waals surface area contributed by atoms with Crippen LogP contribution in [0, 0.1) is 0 Å². The van der Waals surface area contributed by atoms with Gasteiger partial charge in [0, 0.05) is 13.0 Å². The lowest BCUT2D eigenvalue weighted by Gasteiger charge is -2.23. The normalized spacial score (nSPS) is 17.4. The largest absolute Gasteiger partial charge is 0.376 e. The molecule has 3 heteroatoms. The van der Waals surface area contributed by atoms with E-state index in [1.807, 2.05) is 19.0 Å². The molecule has 0 amide bonds. The fourth-order valence-corrected chi connectivity index (χ4v) is 0.566. The number of rotatable bonds is 4. The summed E-state index contributed by atoms with van der Waals surface area (Å²) in [6.45, 7) is 2.67. The van der Waals surface area contributed by atoms with Gasteiger partial charge >= 0.3 is 0 Å². The van der Waals surface area contributed by atoms with Gasteiger partial charge in [-0.25, -0.2) is 0 Å². The van der Waals surface area contributed by atoms with Gasteiger partial charge in [0.2, 0.25) is 0 Å². The van der Waals surface area contributed by atoms with Crippen molar-refractivity contribution in [1.82, 2.24) is 10.2 Å². The van der Waals surface area contributed by atoms with Crippen LogP contribution < -0.4 is 5.32 Å². The number of hydrogen-bond donors (Lipinski definition) is 2. The van der Waals surface area contributed by atoms with Crippen molar-refractivity contribution in [3.8, 4) is 0 Å². The zero-order chi connectivity index (χ0) is 8.20. The third-order valence-electron chi connectivity index (χ3n) is 1.58. The Morgan fingerprint density at radius 1 is 1.50 bits per heavy atom. The van der Waals surface area contributed by atoms with Gasteiger partial charge < -0.3 is 10.0 Å². The summed E-state index contributed by atoms with van der Waals surface area (Å²) in [5.74, 6) is 0. The third kappa shape index (κ3) is 4.73. The zero-order valence-corrected chi connectivity index (χ0v) is 7.31. The van der Waals surface area contributed by atoms with Crippen molar-refractivity contribution in [3.05, 3.63) is 0 Å². The van der Waals surface area contributed by atoms with Crippen molar-refractivity contribution in [2.45, 2.75) is 19.1 Å². The van der Waals surface area contributed by atoms with Gasteiger partial charge in [0.25, 0.3) is 0 Å². The number of nitrogens with zero attached hydrogens (tertiary/aromatic N) is 1. The first-order valence-corrected chi connectivity index (χ1v) is 3.54. The minimum atomic E-state index is -0.718. The van der Waals surface area contributed by atoms with Gasteiger partial charge in [0.1, 0.15) is 5.72 Å². The molecule has 0 rings (SSSR count). The average Bonchev–Trinajstić information content (AvgIpc) is 1.85. The average molecular weight is 146 g/mol. The summed E-state index contributed by atoms with van der Waals surface area (Å²) in [5.41, 5.74) is -0.718. The topological polar surface area (TPSA) is 35.5 Å². The highest BCUT2D eigenvalue weighted by molar-refractivity contribution is 4.67. The molecule has 0 aliphatic rings. The molecule has 0 saturated heterocycles. The maximum Gasteiger partial charge on any atom is 0.114 e. The molecule has 0 bridgehead atoms. The Balaban J connectivity index is 3.46. The highest BCUT2D eigenvalue weighted by Gasteiger charge is 2.15. The molecule has 2 N–H and O–H groups in total. The minimum absolute atomic E-state index is 0.718. The van der Waals surface area contributed by atoms with Crippen molar-refractivity contribution in [2.24, 2.45) is 0 Å². The van der Waals surface area contributed by atoms with Crippen LogP contribution in [0.1, 0.15) is 13.3 Å². The lowest BCUT2D eigenvalue weighted by molar-refractivity contribution is 0.0175. The lowest BCUT2D eigenvalue weighted by atomic mass is 10.2. The van der Waals surface area contributed by atoms with Crippen LogP contribution in [0.5, 0.6) is 0 Å². The number of nitrogens with one attached hydrogen (secondary N) is 1. The van der Waals surface area contributed by atoms with Crippen LogP contribution >= 0.6 is 0 Å². The SMILES string of the molecule is CNC(C)(O)CCN(C)C. The van der Waals surface area contributed by atoms with Crippen molar-refractivity contribution in [2.75, 3.05) is 27.7 Å². The highest BCUT2D eigenvalue weighted by atomic mass is 16.3. The van der Waals surface area contributed by atoms with Crippen molar-refractivity contribution in [1.29, 1.82) is 0 Å². The Bertz CT molecular complexity index is 91.6. The molecule has 0 aliphatic heterocycles. The first-order valence-electron chi connectivity index (χ1n) is 3.54. The summed E-state index contributed by atoms with van der Waals surface area (Å²) >= 11 is 0. The van der Waals surface area contributed by atoms with Gasteiger partial charge in [0.05, 0.1) is 0 Å². The molecule has 0 aromatic rings. The van der Waals surface area contributed by atoms with Gasteiger partial charge in [-0.1, -0.05) is 0 Å². The predicted octanol–water partition coefficient (Wildman–Crippen LogP) is -0.134. The predicted molar refractivity (Wildman–Crippen MR) is 42.9 cm³/mol. The minimum Gasteiger partial charge on any atom is -0.376 e. The van der Waals surface area contributed by atoms with E-state index in [1.165, 1.54) is 0 Å². The molecule has 0 spiro atoms. The molecule has 0 saturated carbocycles. The van der Waals surface area contributed by atoms with Gasteiger partial charge in [-0.05, 0) is 28.1 Å². The van der Waals surface area contributed by atoms with Gasteiger partial charge in [0.15, 0.2) is 0 Å².